The first-order valence-corrected chi connectivity index (χ1v) is 12.4. The van der Waals surface area contributed by atoms with Gasteiger partial charge in [-0.05, 0) is 25.3 Å². The number of fused-ring (bicyclic) bond motifs is 1. The van der Waals surface area contributed by atoms with Gasteiger partial charge in [0.15, 0.2) is 6.23 Å². The number of nitrogens with zero attached hydrogens (tertiary/aromatic N) is 2. The summed E-state index contributed by atoms with van der Waals surface area (Å²) < 4.78 is 9.26. The molecule has 1 aliphatic heterocycles. The molecule has 206 valence electrons. The predicted octanol–water partition coefficient (Wildman–Crippen LogP) is 2.53. The number of hydrogen-bond donors (Lipinski definition) is 4. The van der Waals surface area contributed by atoms with E-state index in [1.54, 1.807) is 17.3 Å². The topological polar surface area (TPSA) is 162 Å². The lowest BCUT2D eigenvalue weighted by atomic mass is 9.96. The molecule has 0 bridgehead atoms. The van der Waals surface area contributed by atoms with E-state index in [0.717, 1.165) is 19.3 Å². The minimum Gasteiger partial charge on any atom is -0.469 e. The number of nitrogens with one attached hydrogen (secondary N) is 3. The monoisotopic (exact) mass is 521 g/mol. The number of methoxy groups -OCH3 is 2. The van der Waals surface area contributed by atoms with Gasteiger partial charge in [0.25, 0.3) is 0 Å². The number of aliphatic imine (C=N–C) groups is 1. The van der Waals surface area contributed by atoms with Crippen molar-refractivity contribution in [3.05, 3.63) is 11.6 Å². The van der Waals surface area contributed by atoms with Crippen molar-refractivity contribution in [3.8, 4) is 0 Å². The molecule has 1 aliphatic rings. The number of aromatic amines is 1. The van der Waals surface area contributed by atoms with Gasteiger partial charge in [0, 0.05) is 30.4 Å². The molecule has 0 aliphatic carbocycles. The highest BCUT2D eigenvalue weighted by Gasteiger charge is 2.27. The number of carbonyl (C=O) groups excluding carboxylic acids is 4. The zero-order valence-electron chi connectivity index (χ0n) is 22.3. The second-order valence-corrected chi connectivity index (χ2v) is 9.97. The van der Waals surface area contributed by atoms with Gasteiger partial charge in [-0.3, -0.25) is 14.4 Å². The lowest BCUT2D eigenvalue weighted by Gasteiger charge is -2.28. The van der Waals surface area contributed by atoms with Crippen LogP contribution in [0.15, 0.2) is 11.1 Å². The summed E-state index contributed by atoms with van der Waals surface area (Å²) in [4.78, 5) is 56.7. The standard InChI is InChI=1S/C25H39N5O7/c1-25(2,3)24(35)29-18-14-16-21(28-18)26-15-30(22(16)33)13-9-7-6-8-10-19(31)27-17(23(34)37-5)11-12-20(32)36-4/h14-15,17,22,28,33H,6-13H2,1-5H3,(H,27,31)(H,29,35)/t17-,22?/m1/s1. The van der Waals surface area contributed by atoms with E-state index < -0.39 is 29.6 Å². The Balaban J connectivity index is 1.71. The third-order valence-corrected chi connectivity index (χ3v) is 5.94. The molecular formula is C25H39N5O7. The van der Waals surface area contributed by atoms with Crippen LogP contribution < -0.4 is 10.6 Å². The van der Waals surface area contributed by atoms with E-state index in [1.165, 1.54) is 14.2 Å². The van der Waals surface area contributed by atoms with Gasteiger partial charge in [-0.15, -0.1) is 0 Å². The van der Waals surface area contributed by atoms with E-state index in [1.807, 2.05) is 20.8 Å². The molecule has 2 heterocycles. The number of aromatic nitrogens is 1. The van der Waals surface area contributed by atoms with Crippen molar-refractivity contribution in [2.24, 2.45) is 10.4 Å². The molecule has 0 radical (unpaired) electrons. The van der Waals surface area contributed by atoms with Crippen LogP contribution in [0.25, 0.3) is 0 Å². The first-order chi connectivity index (χ1) is 17.5. The van der Waals surface area contributed by atoms with Crippen molar-refractivity contribution in [1.82, 2.24) is 15.2 Å². The maximum atomic E-state index is 12.2. The molecule has 2 atom stereocenters. The molecule has 4 N–H and O–H groups in total. The average molecular weight is 522 g/mol. The summed E-state index contributed by atoms with van der Waals surface area (Å²) in [7, 11) is 2.49. The van der Waals surface area contributed by atoms with Crippen LogP contribution in [0.5, 0.6) is 0 Å². The molecule has 0 aromatic carbocycles. The van der Waals surface area contributed by atoms with Gasteiger partial charge in [0.2, 0.25) is 11.8 Å². The smallest absolute Gasteiger partial charge is 0.328 e. The quantitative estimate of drug-likeness (QED) is 0.227. The van der Waals surface area contributed by atoms with E-state index in [-0.39, 0.29) is 31.1 Å². The molecule has 1 aromatic rings. The van der Waals surface area contributed by atoms with Gasteiger partial charge < -0.3 is 35.1 Å². The Bertz CT molecular complexity index is 983. The fraction of sp³-hybridized carbons (Fsp3) is 0.640. The highest BCUT2D eigenvalue weighted by atomic mass is 16.5. The number of esters is 2. The zero-order valence-corrected chi connectivity index (χ0v) is 22.3. The van der Waals surface area contributed by atoms with E-state index in [9.17, 15) is 24.3 Å². The number of amides is 2. The molecule has 2 rings (SSSR count). The van der Waals surface area contributed by atoms with Gasteiger partial charge in [-0.2, -0.15) is 0 Å². The van der Waals surface area contributed by atoms with Crippen molar-refractivity contribution in [3.63, 3.8) is 0 Å². The van der Waals surface area contributed by atoms with Crippen LogP contribution in [-0.2, 0) is 28.7 Å². The Hall–Kier alpha value is -3.41. The highest BCUT2D eigenvalue weighted by molar-refractivity contribution is 5.94. The average Bonchev–Trinajstić information content (AvgIpc) is 3.27. The second kappa shape index (κ2) is 13.8. The van der Waals surface area contributed by atoms with Crippen LogP contribution >= 0.6 is 0 Å². The first-order valence-electron chi connectivity index (χ1n) is 12.4. The van der Waals surface area contributed by atoms with E-state index in [0.29, 0.717) is 30.2 Å². The summed E-state index contributed by atoms with van der Waals surface area (Å²) in [6, 6.07) is 0.801. The molecule has 12 nitrogen and oxygen atoms in total. The normalized spacial score (nSPS) is 15.5. The molecular weight excluding hydrogens is 482 g/mol. The third-order valence-electron chi connectivity index (χ3n) is 5.94. The number of aliphatic hydroxyl groups is 1. The molecule has 1 aromatic heterocycles. The molecule has 12 heteroatoms. The fourth-order valence-electron chi connectivity index (χ4n) is 3.65. The lowest BCUT2D eigenvalue weighted by molar-refractivity contribution is -0.146. The number of unbranched alkanes of at least 4 members (excludes halogenated alkanes) is 3. The molecule has 0 saturated carbocycles. The Labute approximate surface area is 217 Å². The Morgan fingerprint density at radius 1 is 1.11 bits per heavy atom. The van der Waals surface area contributed by atoms with Crippen molar-refractivity contribution < 1.29 is 33.8 Å². The van der Waals surface area contributed by atoms with E-state index in [4.69, 9.17) is 4.74 Å². The largest absolute Gasteiger partial charge is 0.469 e. The molecule has 1 unspecified atom stereocenters. The van der Waals surface area contributed by atoms with Crippen molar-refractivity contribution >= 4 is 41.7 Å². The maximum absolute atomic E-state index is 12.2. The van der Waals surface area contributed by atoms with E-state index >= 15 is 0 Å². The number of aliphatic hydroxyl groups excluding tert-OH is 1. The summed E-state index contributed by atoms with van der Waals surface area (Å²) >= 11 is 0. The number of anilines is 1. The summed E-state index contributed by atoms with van der Waals surface area (Å²) in [5.74, 6) is -0.497. The van der Waals surface area contributed by atoms with Crippen molar-refractivity contribution in [2.75, 3.05) is 26.1 Å². The number of hydrogen-bond acceptors (Lipinski definition) is 9. The predicted molar refractivity (Wildman–Crippen MR) is 137 cm³/mol. The van der Waals surface area contributed by atoms with Crippen LogP contribution in [0.4, 0.5) is 11.6 Å². The minimum atomic E-state index is -0.892. The Morgan fingerprint density at radius 2 is 1.81 bits per heavy atom. The van der Waals surface area contributed by atoms with Gasteiger partial charge in [0.1, 0.15) is 17.7 Å². The third kappa shape index (κ3) is 9.19. The minimum absolute atomic E-state index is 0.000676. The van der Waals surface area contributed by atoms with Gasteiger partial charge in [-0.1, -0.05) is 33.6 Å². The molecule has 0 fully saturated rings. The SMILES string of the molecule is COC(=O)CC[C@@H](NC(=O)CCCCCCN1C=Nc2[nH]c(NC(=O)C(C)(C)C)cc2C1O)C(=O)OC. The van der Waals surface area contributed by atoms with Crippen LogP contribution in [-0.4, -0.2) is 71.9 Å². The number of ether oxygens (including phenoxy) is 2. The lowest BCUT2D eigenvalue weighted by Crippen LogP contribution is -2.41. The van der Waals surface area contributed by atoms with Crippen LogP contribution in [0.3, 0.4) is 0 Å². The van der Waals surface area contributed by atoms with Crippen molar-refractivity contribution in [2.45, 2.75) is 78.0 Å². The number of rotatable bonds is 13. The summed E-state index contributed by atoms with van der Waals surface area (Å²) in [6.07, 6.45) is 4.09. The molecule has 37 heavy (non-hydrogen) atoms. The molecule has 2 amide bonds. The Kier molecular flexibility index (Phi) is 11.1. The fourth-order valence-corrected chi connectivity index (χ4v) is 3.65. The van der Waals surface area contributed by atoms with Crippen LogP contribution in [0.1, 0.15) is 77.5 Å². The second-order valence-electron chi connectivity index (χ2n) is 9.97. The van der Waals surface area contributed by atoms with Crippen LogP contribution in [0, 0.1) is 5.41 Å². The summed E-state index contributed by atoms with van der Waals surface area (Å²) in [5, 5.41) is 16.2. The number of H-pyrrole nitrogens is 1. The number of carbonyl (C=O) groups is 4. The van der Waals surface area contributed by atoms with Crippen molar-refractivity contribution in [1.29, 1.82) is 0 Å². The summed E-state index contributed by atoms with van der Waals surface area (Å²) in [5.41, 5.74) is 0.0454. The van der Waals surface area contributed by atoms with Gasteiger partial charge in [-0.25, -0.2) is 9.79 Å². The van der Waals surface area contributed by atoms with Gasteiger partial charge in [0.05, 0.1) is 20.6 Å². The molecule has 0 spiro atoms. The van der Waals surface area contributed by atoms with E-state index in [2.05, 4.69) is 25.3 Å². The summed E-state index contributed by atoms with van der Waals surface area (Å²) in [6.45, 7) is 6.03. The van der Waals surface area contributed by atoms with Crippen LogP contribution in [0.2, 0.25) is 0 Å². The van der Waals surface area contributed by atoms with Gasteiger partial charge >= 0.3 is 11.9 Å². The zero-order chi connectivity index (χ0) is 27.6. The maximum Gasteiger partial charge on any atom is 0.328 e. The Morgan fingerprint density at radius 3 is 2.46 bits per heavy atom. The highest BCUT2D eigenvalue weighted by Crippen LogP contribution is 2.34. The first kappa shape index (κ1) is 29.8. The molecule has 0 saturated heterocycles.